The third-order valence-electron chi connectivity index (χ3n) is 4.99. The molecule has 1 aliphatic carbocycles. The largest absolute Gasteiger partial charge is 0.398 e. The fraction of sp³-hybridized carbons (Fsp3) is 0.600. The Hall–Kier alpha value is -1.78. The molecule has 20 heavy (non-hydrogen) atoms. The Morgan fingerprint density at radius 3 is 2.35 bits per heavy atom. The van der Waals surface area contributed by atoms with Gasteiger partial charge in [0.1, 0.15) is 0 Å². The van der Waals surface area contributed by atoms with E-state index in [0.717, 1.165) is 18.8 Å². The Morgan fingerprint density at radius 2 is 1.75 bits per heavy atom. The summed E-state index contributed by atoms with van der Waals surface area (Å²) in [5.74, 6) is 0. The van der Waals surface area contributed by atoms with E-state index in [4.69, 9.17) is 5.73 Å². The molecule has 108 valence electrons. The molecule has 0 atom stereocenters. The summed E-state index contributed by atoms with van der Waals surface area (Å²) in [6.07, 6.45) is 7.86. The summed E-state index contributed by atoms with van der Waals surface area (Å²) in [7, 11) is 0. The van der Waals surface area contributed by atoms with Gasteiger partial charge in [-0.1, -0.05) is 12.8 Å². The third-order valence-corrected chi connectivity index (χ3v) is 4.99. The van der Waals surface area contributed by atoms with Crippen molar-refractivity contribution in [2.75, 3.05) is 23.7 Å². The van der Waals surface area contributed by atoms with Crippen molar-refractivity contribution >= 4 is 17.1 Å². The van der Waals surface area contributed by atoms with Gasteiger partial charge in [-0.05, 0) is 37.2 Å². The molecule has 1 spiro atoms. The summed E-state index contributed by atoms with van der Waals surface area (Å²) in [5, 5.41) is 10.9. The van der Waals surface area contributed by atoms with Gasteiger partial charge in [0, 0.05) is 36.6 Å². The Kier molecular flexibility index (Phi) is 3.28. The molecular formula is C15H21N3O2. The summed E-state index contributed by atoms with van der Waals surface area (Å²) in [6, 6.07) is 4.91. The molecule has 3 rings (SSSR count). The van der Waals surface area contributed by atoms with E-state index in [9.17, 15) is 10.1 Å². The number of nitrogen functional groups attached to an aromatic ring is 1. The fourth-order valence-corrected chi connectivity index (χ4v) is 3.77. The SMILES string of the molecule is Nc1cc(N2CCC3(CCCC3)CC2)cc([N+](=O)[O-])c1. The van der Waals surface area contributed by atoms with Gasteiger partial charge in [0.15, 0.2) is 0 Å². The van der Waals surface area contributed by atoms with E-state index >= 15 is 0 Å². The topological polar surface area (TPSA) is 72.4 Å². The lowest BCUT2D eigenvalue weighted by Crippen LogP contribution is -2.38. The quantitative estimate of drug-likeness (QED) is 0.510. The highest BCUT2D eigenvalue weighted by atomic mass is 16.6. The van der Waals surface area contributed by atoms with Crippen LogP contribution in [0, 0.1) is 15.5 Å². The van der Waals surface area contributed by atoms with Crippen molar-refractivity contribution < 1.29 is 4.92 Å². The first kappa shape index (κ1) is 13.2. The van der Waals surface area contributed by atoms with E-state index < -0.39 is 0 Å². The van der Waals surface area contributed by atoms with Crippen LogP contribution in [0.5, 0.6) is 0 Å². The molecule has 0 aromatic heterocycles. The summed E-state index contributed by atoms with van der Waals surface area (Å²) >= 11 is 0. The lowest BCUT2D eigenvalue weighted by molar-refractivity contribution is -0.384. The van der Waals surface area contributed by atoms with Crippen molar-refractivity contribution in [2.45, 2.75) is 38.5 Å². The maximum absolute atomic E-state index is 10.9. The van der Waals surface area contributed by atoms with E-state index in [2.05, 4.69) is 4.90 Å². The predicted molar refractivity (Wildman–Crippen MR) is 79.9 cm³/mol. The van der Waals surface area contributed by atoms with Crippen molar-refractivity contribution in [3.63, 3.8) is 0 Å². The van der Waals surface area contributed by atoms with Gasteiger partial charge < -0.3 is 10.6 Å². The van der Waals surface area contributed by atoms with Crippen molar-refractivity contribution in [1.82, 2.24) is 0 Å². The second-order valence-electron chi connectivity index (χ2n) is 6.23. The van der Waals surface area contributed by atoms with Crippen LogP contribution in [0.4, 0.5) is 17.1 Å². The molecule has 2 aliphatic rings. The lowest BCUT2D eigenvalue weighted by atomic mass is 9.77. The summed E-state index contributed by atoms with van der Waals surface area (Å²) < 4.78 is 0. The lowest BCUT2D eigenvalue weighted by Gasteiger charge is -2.40. The molecule has 5 heteroatoms. The number of piperidine rings is 1. The first-order valence-electron chi connectivity index (χ1n) is 7.38. The minimum Gasteiger partial charge on any atom is -0.398 e. The van der Waals surface area contributed by atoms with Crippen LogP contribution in [0.15, 0.2) is 18.2 Å². The number of hydrogen-bond acceptors (Lipinski definition) is 4. The molecule has 1 heterocycles. The Bertz CT molecular complexity index is 514. The van der Waals surface area contributed by atoms with Gasteiger partial charge in [0.25, 0.3) is 5.69 Å². The number of nitrogens with zero attached hydrogens (tertiary/aromatic N) is 2. The van der Waals surface area contributed by atoms with Gasteiger partial charge in [-0.3, -0.25) is 10.1 Å². The predicted octanol–water partition coefficient (Wildman–Crippen LogP) is 3.34. The Labute approximate surface area is 118 Å². The molecule has 1 saturated heterocycles. The number of non-ortho nitro benzene ring substituents is 1. The molecule has 2 fully saturated rings. The van der Waals surface area contributed by atoms with Gasteiger partial charge in [-0.15, -0.1) is 0 Å². The minimum absolute atomic E-state index is 0.0844. The molecule has 0 bridgehead atoms. The van der Waals surface area contributed by atoms with Crippen molar-refractivity contribution in [2.24, 2.45) is 5.41 Å². The molecule has 1 aromatic rings. The van der Waals surface area contributed by atoms with Crippen LogP contribution < -0.4 is 10.6 Å². The minimum atomic E-state index is -0.373. The number of benzene rings is 1. The number of rotatable bonds is 2. The molecule has 1 aromatic carbocycles. The molecule has 0 radical (unpaired) electrons. The van der Waals surface area contributed by atoms with Gasteiger partial charge in [0.2, 0.25) is 0 Å². The first-order chi connectivity index (χ1) is 9.58. The van der Waals surface area contributed by atoms with Crippen molar-refractivity contribution in [3.05, 3.63) is 28.3 Å². The molecule has 5 nitrogen and oxygen atoms in total. The van der Waals surface area contributed by atoms with Crippen LogP contribution in [-0.2, 0) is 0 Å². The third kappa shape index (κ3) is 2.44. The summed E-state index contributed by atoms with van der Waals surface area (Å²) in [6.45, 7) is 1.97. The first-order valence-corrected chi connectivity index (χ1v) is 7.38. The van der Waals surface area contributed by atoms with Gasteiger partial charge in [0.05, 0.1) is 4.92 Å². The Morgan fingerprint density at radius 1 is 1.10 bits per heavy atom. The van der Waals surface area contributed by atoms with Crippen LogP contribution >= 0.6 is 0 Å². The average molecular weight is 275 g/mol. The second-order valence-corrected chi connectivity index (χ2v) is 6.23. The number of nitrogens with two attached hydrogens (primary N) is 1. The van der Waals surface area contributed by atoms with E-state index in [0.29, 0.717) is 11.1 Å². The average Bonchev–Trinajstić information content (AvgIpc) is 2.87. The van der Waals surface area contributed by atoms with Crippen LogP contribution in [0.25, 0.3) is 0 Å². The van der Waals surface area contributed by atoms with Gasteiger partial charge in [-0.25, -0.2) is 0 Å². The van der Waals surface area contributed by atoms with Crippen molar-refractivity contribution in [3.8, 4) is 0 Å². The molecule has 1 saturated carbocycles. The molecular weight excluding hydrogens is 254 g/mol. The monoisotopic (exact) mass is 275 g/mol. The van der Waals surface area contributed by atoms with Gasteiger partial charge in [-0.2, -0.15) is 0 Å². The van der Waals surface area contributed by atoms with Crippen LogP contribution in [0.2, 0.25) is 0 Å². The maximum atomic E-state index is 10.9. The van der Waals surface area contributed by atoms with Gasteiger partial charge >= 0.3 is 0 Å². The number of nitro benzene ring substituents is 1. The Balaban J connectivity index is 1.76. The normalized spacial score (nSPS) is 21.3. The van der Waals surface area contributed by atoms with E-state index in [1.54, 1.807) is 6.07 Å². The number of hydrogen-bond donors (Lipinski definition) is 1. The van der Waals surface area contributed by atoms with Crippen LogP contribution in [-0.4, -0.2) is 18.0 Å². The highest BCUT2D eigenvalue weighted by Crippen LogP contribution is 2.46. The highest BCUT2D eigenvalue weighted by Gasteiger charge is 2.37. The molecule has 2 N–H and O–H groups in total. The van der Waals surface area contributed by atoms with E-state index in [1.165, 1.54) is 44.6 Å². The zero-order chi connectivity index (χ0) is 14.2. The summed E-state index contributed by atoms with van der Waals surface area (Å²) in [4.78, 5) is 12.8. The van der Waals surface area contributed by atoms with Crippen molar-refractivity contribution in [1.29, 1.82) is 0 Å². The highest BCUT2D eigenvalue weighted by molar-refractivity contribution is 5.63. The van der Waals surface area contributed by atoms with E-state index in [1.807, 2.05) is 6.07 Å². The zero-order valence-electron chi connectivity index (χ0n) is 11.7. The van der Waals surface area contributed by atoms with E-state index in [-0.39, 0.29) is 10.6 Å². The second kappa shape index (κ2) is 4.96. The smallest absolute Gasteiger partial charge is 0.273 e. The molecule has 1 aliphatic heterocycles. The summed E-state index contributed by atoms with van der Waals surface area (Å²) in [5.41, 5.74) is 7.79. The molecule has 0 amide bonds. The van der Waals surface area contributed by atoms with Crippen LogP contribution in [0.3, 0.4) is 0 Å². The number of anilines is 2. The zero-order valence-corrected chi connectivity index (χ0v) is 11.7. The fourth-order valence-electron chi connectivity index (χ4n) is 3.77. The standard InChI is InChI=1S/C15H21N3O2/c16-12-9-13(11-14(10-12)18(19)20)17-7-5-15(6-8-17)3-1-2-4-15/h9-11H,1-8,16H2. The maximum Gasteiger partial charge on any atom is 0.273 e. The van der Waals surface area contributed by atoms with Crippen LogP contribution in [0.1, 0.15) is 38.5 Å². The number of nitro groups is 1. The molecule has 0 unspecified atom stereocenters.